The Morgan fingerprint density at radius 3 is 2.45 bits per heavy atom. The number of aryl methyl sites for hydroxylation is 1. The van der Waals surface area contributed by atoms with Crippen molar-refractivity contribution in [1.29, 1.82) is 0 Å². The van der Waals surface area contributed by atoms with Crippen LogP contribution in [0.15, 0.2) is 24.3 Å². The van der Waals surface area contributed by atoms with Gasteiger partial charge in [-0.3, -0.25) is 4.79 Å². The molecule has 2 aliphatic rings. The van der Waals surface area contributed by atoms with E-state index >= 15 is 0 Å². The molecule has 0 aliphatic carbocycles. The van der Waals surface area contributed by atoms with Gasteiger partial charge in [0, 0.05) is 6.54 Å². The van der Waals surface area contributed by atoms with Crippen LogP contribution in [0.5, 0.6) is 0 Å². The first kappa shape index (κ1) is 15.0. The van der Waals surface area contributed by atoms with Crippen LogP contribution in [0.1, 0.15) is 42.9 Å². The summed E-state index contributed by atoms with van der Waals surface area (Å²) < 4.78 is 5.41. The van der Waals surface area contributed by atoms with Gasteiger partial charge in [0.05, 0.1) is 6.04 Å². The Labute approximate surface area is 129 Å². The summed E-state index contributed by atoms with van der Waals surface area (Å²) in [5, 5.41) is 8.98. The first-order valence-electron chi connectivity index (χ1n) is 7.81. The quantitative estimate of drug-likeness (QED) is 0.930. The fraction of sp³-hybridized carbons (Fsp3) is 0.529. The molecule has 1 amide bonds. The third kappa shape index (κ3) is 2.86. The molecule has 0 bridgehead atoms. The molecule has 2 heterocycles. The largest absolute Gasteiger partial charge is 0.479 e. The molecule has 0 aromatic heterocycles. The summed E-state index contributed by atoms with van der Waals surface area (Å²) in [5.74, 6) is -1.04. The van der Waals surface area contributed by atoms with Crippen LogP contribution in [0.2, 0.25) is 0 Å². The van der Waals surface area contributed by atoms with E-state index < -0.39 is 18.2 Å². The second-order valence-corrected chi connectivity index (χ2v) is 6.13. The number of amides is 1. The van der Waals surface area contributed by atoms with Crippen molar-refractivity contribution in [3.05, 3.63) is 35.4 Å². The second-order valence-electron chi connectivity index (χ2n) is 6.13. The number of carbonyl (C=O) groups excluding carboxylic acids is 1. The number of likely N-dealkylation sites (tertiary alicyclic amines) is 1. The number of carboxylic acids is 1. The van der Waals surface area contributed by atoms with Crippen molar-refractivity contribution < 1.29 is 19.4 Å². The predicted molar refractivity (Wildman–Crippen MR) is 80.4 cm³/mol. The van der Waals surface area contributed by atoms with Crippen LogP contribution in [-0.4, -0.2) is 40.6 Å². The summed E-state index contributed by atoms with van der Waals surface area (Å²) in [4.78, 5) is 25.5. The lowest BCUT2D eigenvalue weighted by atomic mass is 10.0. The van der Waals surface area contributed by atoms with Crippen LogP contribution in [0.25, 0.3) is 0 Å². The number of hydrogen-bond donors (Lipinski definition) is 1. The average molecular weight is 303 g/mol. The Hall–Kier alpha value is -1.88. The van der Waals surface area contributed by atoms with Crippen LogP contribution in [0.3, 0.4) is 0 Å². The monoisotopic (exact) mass is 303 g/mol. The first-order valence-corrected chi connectivity index (χ1v) is 7.81. The van der Waals surface area contributed by atoms with E-state index in [0.29, 0.717) is 12.8 Å². The van der Waals surface area contributed by atoms with E-state index in [1.54, 1.807) is 0 Å². The van der Waals surface area contributed by atoms with Crippen molar-refractivity contribution >= 4 is 11.9 Å². The highest BCUT2D eigenvalue weighted by Crippen LogP contribution is 2.34. The van der Waals surface area contributed by atoms with E-state index in [0.717, 1.165) is 24.9 Å². The van der Waals surface area contributed by atoms with Crippen LogP contribution in [-0.2, 0) is 14.3 Å². The summed E-state index contributed by atoms with van der Waals surface area (Å²) in [5.41, 5.74) is 2.34. The molecular formula is C17H21NO4. The van der Waals surface area contributed by atoms with Gasteiger partial charge < -0.3 is 14.7 Å². The Bertz CT molecular complexity index is 569. The van der Waals surface area contributed by atoms with Crippen molar-refractivity contribution in [3.8, 4) is 0 Å². The summed E-state index contributed by atoms with van der Waals surface area (Å²) >= 11 is 0. The number of nitrogens with zero attached hydrogens (tertiary/aromatic N) is 1. The van der Waals surface area contributed by atoms with E-state index in [1.165, 1.54) is 5.56 Å². The predicted octanol–water partition coefficient (Wildman–Crippen LogP) is 2.29. The second kappa shape index (κ2) is 6.08. The SMILES string of the molecule is Cc1ccc(C2CCCN2C(=O)[C@@H]2CC[C@H](C(=O)O)O2)cc1. The maximum atomic E-state index is 12.7. The fourth-order valence-corrected chi connectivity index (χ4v) is 3.35. The van der Waals surface area contributed by atoms with Crippen LogP contribution in [0.4, 0.5) is 0 Å². The van der Waals surface area contributed by atoms with Gasteiger partial charge in [0.15, 0.2) is 6.10 Å². The maximum absolute atomic E-state index is 12.7. The molecule has 22 heavy (non-hydrogen) atoms. The normalized spacial score (nSPS) is 28.0. The lowest BCUT2D eigenvalue weighted by Gasteiger charge is -2.27. The Morgan fingerprint density at radius 2 is 1.82 bits per heavy atom. The van der Waals surface area contributed by atoms with E-state index in [9.17, 15) is 9.59 Å². The minimum atomic E-state index is -0.980. The standard InChI is InChI=1S/C17H21NO4/c1-11-4-6-12(7-5-11)13-3-2-10-18(13)16(19)14-8-9-15(22-14)17(20)21/h4-7,13-15H,2-3,8-10H2,1H3,(H,20,21)/t13?,14-,15+/m0/s1. The summed E-state index contributed by atoms with van der Waals surface area (Å²) in [6.45, 7) is 2.76. The molecule has 2 fully saturated rings. The zero-order valence-electron chi connectivity index (χ0n) is 12.7. The third-order valence-corrected chi connectivity index (χ3v) is 4.57. The molecule has 1 aromatic rings. The Balaban J connectivity index is 1.72. The number of carbonyl (C=O) groups is 2. The van der Waals surface area contributed by atoms with Crippen molar-refractivity contribution in [3.63, 3.8) is 0 Å². The smallest absolute Gasteiger partial charge is 0.332 e. The van der Waals surface area contributed by atoms with Crippen LogP contribution >= 0.6 is 0 Å². The van der Waals surface area contributed by atoms with Crippen molar-refractivity contribution in [1.82, 2.24) is 4.90 Å². The Kier molecular flexibility index (Phi) is 4.16. The molecule has 5 nitrogen and oxygen atoms in total. The molecule has 0 radical (unpaired) electrons. The lowest BCUT2D eigenvalue weighted by Crippen LogP contribution is -2.39. The zero-order valence-corrected chi connectivity index (χ0v) is 12.7. The molecule has 118 valence electrons. The van der Waals surface area contributed by atoms with Gasteiger partial charge in [0.2, 0.25) is 0 Å². The molecule has 0 spiro atoms. The van der Waals surface area contributed by atoms with Gasteiger partial charge in [-0.05, 0) is 38.2 Å². The molecular weight excluding hydrogens is 282 g/mol. The molecule has 2 aliphatic heterocycles. The molecule has 0 saturated carbocycles. The van der Waals surface area contributed by atoms with E-state index in [4.69, 9.17) is 9.84 Å². The maximum Gasteiger partial charge on any atom is 0.332 e. The third-order valence-electron chi connectivity index (χ3n) is 4.57. The van der Waals surface area contributed by atoms with Gasteiger partial charge in [0.1, 0.15) is 6.10 Å². The average Bonchev–Trinajstić information content (AvgIpc) is 3.17. The minimum absolute atomic E-state index is 0.0631. The highest BCUT2D eigenvalue weighted by molar-refractivity contribution is 5.83. The van der Waals surface area contributed by atoms with Gasteiger partial charge in [-0.25, -0.2) is 4.79 Å². The Morgan fingerprint density at radius 1 is 1.14 bits per heavy atom. The van der Waals surface area contributed by atoms with Crippen molar-refractivity contribution in [2.45, 2.75) is 50.9 Å². The summed E-state index contributed by atoms with van der Waals surface area (Å²) in [7, 11) is 0. The van der Waals surface area contributed by atoms with Gasteiger partial charge in [-0.1, -0.05) is 29.8 Å². The topological polar surface area (TPSA) is 66.8 Å². The van der Waals surface area contributed by atoms with Crippen LogP contribution in [0, 0.1) is 6.92 Å². The van der Waals surface area contributed by atoms with Gasteiger partial charge >= 0.3 is 5.97 Å². The fourth-order valence-electron chi connectivity index (χ4n) is 3.35. The molecule has 1 N–H and O–H groups in total. The number of carboxylic acid groups (broad SMARTS) is 1. The van der Waals surface area contributed by atoms with Gasteiger partial charge in [-0.15, -0.1) is 0 Å². The van der Waals surface area contributed by atoms with Gasteiger partial charge in [0.25, 0.3) is 5.91 Å². The zero-order chi connectivity index (χ0) is 15.7. The highest BCUT2D eigenvalue weighted by atomic mass is 16.5. The number of ether oxygens (including phenoxy) is 1. The van der Waals surface area contributed by atoms with E-state index in [-0.39, 0.29) is 11.9 Å². The molecule has 5 heteroatoms. The minimum Gasteiger partial charge on any atom is -0.479 e. The number of hydrogen-bond acceptors (Lipinski definition) is 3. The molecule has 3 atom stereocenters. The number of aliphatic carboxylic acids is 1. The number of rotatable bonds is 3. The molecule has 1 aromatic carbocycles. The summed E-state index contributed by atoms with van der Waals surface area (Å²) in [6.07, 6.45) is 1.38. The van der Waals surface area contributed by atoms with E-state index in [1.807, 2.05) is 11.8 Å². The number of benzene rings is 1. The molecule has 2 saturated heterocycles. The van der Waals surface area contributed by atoms with E-state index in [2.05, 4.69) is 24.3 Å². The van der Waals surface area contributed by atoms with Crippen LogP contribution < -0.4 is 0 Å². The van der Waals surface area contributed by atoms with Crippen molar-refractivity contribution in [2.24, 2.45) is 0 Å². The summed E-state index contributed by atoms with van der Waals surface area (Å²) in [6, 6.07) is 8.34. The van der Waals surface area contributed by atoms with Gasteiger partial charge in [-0.2, -0.15) is 0 Å². The van der Waals surface area contributed by atoms with Crippen molar-refractivity contribution in [2.75, 3.05) is 6.54 Å². The molecule has 3 rings (SSSR count). The lowest BCUT2D eigenvalue weighted by molar-refractivity contribution is -0.155. The highest BCUT2D eigenvalue weighted by Gasteiger charge is 2.40. The first-order chi connectivity index (χ1) is 10.6. The molecule has 1 unspecified atom stereocenters.